The summed E-state index contributed by atoms with van der Waals surface area (Å²) in [6.07, 6.45) is -3.08. The number of rotatable bonds is 13. The summed E-state index contributed by atoms with van der Waals surface area (Å²) in [7, 11) is 5.44. The maximum atomic E-state index is 15.5. The van der Waals surface area contributed by atoms with Gasteiger partial charge in [0.2, 0.25) is 5.91 Å². The Kier molecular flexibility index (Phi) is 13.2. The van der Waals surface area contributed by atoms with Crippen molar-refractivity contribution in [1.82, 2.24) is 29.1 Å². The number of halogens is 6. The Hall–Kier alpha value is -4.91. The maximum absolute atomic E-state index is 15.5. The molecule has 5 rings (SSSR count). The van der Waals surface area contributed by atoms with E-state index in [2.05, 4.69) is 15.4 Å². The summed E-state index contributed by atoms with van der Waals surface area (Å²) < 4.78 is 74.2. The summed E-state index contributed by atoms with van der Waals surface area (Å²) >= 11 is 6.49. The highest BCUT2D eigenvalue weighted by atomic mass is 35.5. The van der Waals surface area contributed by atoms with E-state index < -0.39 is 65.4 Å². The molecule has 0 bridgehead atoms. The number of benzene rings is 2. The van der Waals surface area contributed by atoms with Gasteiger partial charge in [-0.1, -0.05) is 24.6 Å². The number of carbonyl (C=O) groups is 3. The molecule has 56 heavy (non-hydrogen) atoms. The van der Waals surface area contributed by atoms with Gasteiger partial charge in [0.25, 0.3) is 11.8 Å². The highest BCUT2D eigenvalue weighted by molar-refractivity contribution is 6.34. The van der Waals surface area contributed by atoms with Gasteiger partial charge < -0.3 is 34.8 Å². The third-order valence-corrected chi connectivity index (χ3v) is 9.96. The molecule has 19 heteroatoms. The summed E-state index contributed by atoms with van der Waals surface area (Å²) in [5, 5.41) is 24.7. The van der Waals surface area contributed by atoms with Gasteiger partial charge in [0.05, 0.1) is 62.4 Å². The Balaban J connectivity index is 1.27. The summed E-state index contributed by atoms with van der Waals surface area (Å²) in [5.74, 6) is -4.44. The second-order valence-electron chi connectivity index (χ2n) is 13.9. The lowest BCUT2D eigenvalue weighted by molar-refractivity contribution is -0.858. The van der Waals surface area contributed by atoms with Crippen molar-refractivity contribution in [2.45, 2.75) is 38.6 Å². The number of nitrogens with one attached hydrogen (secondary N) is 2. The van der Waals surface area contributed by atoms with Crippen LogP contribution < -0.4 is 10.2 Å². The number of aliphatic hydroxyl groups excluding tert-OH is 2. The molecule has 2 aromatic heterocycles. The molecule has 0 spiro atoms. The van der Waals surface area contributed by atoms with E-state index in [0.717, 1.165) is 48.5 Å². The molecule has 1 aliphatic heterocycles. The molecule has 2 unspecified atom stereocenters. The second-order valence-corrected chi connectivity index (χ2v) is 14.3. The highest BCUT2D eigenvalue weighted by Crippen LogP contribution is 2.39. The van der Waals surface area contributed by atoms with Crippen molar-refractivity contribution in [2.24, 2.45) is 13.0 Å². The number of hydrogen-bond acceptors (Lipinski definition) is 7. The first-order chi connectivity index (χ1) is 26.4. The molecule has 1 saturated heterocycles. The average Bonchev–Trinajstić information content (AvgIpc) is 3.76. The first kappa shape index (κ1) is 42.2. The van der Waals surface area contributed by atoms with E-state index in [-0.39, 0.29) is 45.5 Å². The minimum absolute atomic E-state index is 0.0607. The molecular weight excluding hydrogens is 767 g/mol. The van der Waals surface area contributed by atoms with E-state index in [1.54, 1.807) is 9.80 Å². The van der Waals surface area contributed by atoms with Gasteiger partial charge in [-0.15, -0.1) is 0 Å². The van der Waals surface area contributed by atoms with Crippen molar-refractivity contribution < 1.29 is 51.4 Å². The number of quaternary nitrogens is 1. The Morgan fingerprint density at radius 3 is 2.25 bits per heavy atom. The Labute approximate surface area is 324 Å². The van der Waals surface area contributed by atoms with E-state index in [9.17, 15) is 32.7 Å². The third-order valence-electron chi connectivity index (χ3n) is 9.65. The van der Waals surface area contributed by atoms with Crippen LogP contribution in [0.2, 0.25) is 5.02 Å². The van der Waals surface area contributed by atoms with E-state index in [1.165, 1.54) is 30.1 Å². The molecule has 13 nitrogen and oxygen atoms in total. The molecular formula is C37H43ClF5N8O5+. The number of piperazine rings is 1. The molecule has 1 aliphatic rings. The molecule has 0 aliphatic carbocycles. The van der Waals surface area contributed by atoms with E-state index in [1.807, 2.05) is 21.0 Å². The number of aromatic nitrogens is 4. The molecule has 2 atom stereocenters. The SMILES string of the molecule is CCC(CC[NH+](C)C)C(=O)N1CCN(C(=O)c2ccc(NC(=O)c3ncc(-c4ccc(-c5cn(CC(O)CO)nc5C(F)(F)F)c(F)c4F)n3C)cc2Cl)CC1. The monoisotopic (exact) mass is 809 g/mol. The van der Waals surface area contributed by atoms with Crippen molar-refractivity contribution >= 4 is 35.0 Å². The van der Waals surface area contributed by atoms with Gasteiger partial charge in [0, 0.05) is 74.1 Å². The van der Waals surface area contributed by atoms with E-state index >= 15 is 8.78 Å². The van der Waals surface area contributed by atoms with Gasteiger partial charge in [0.15, 0.2) is 23.2 Å². The quantitative estimate of drug-likeness (QED) is 0.152. The topological polar surface area (TPSA) is 150 Å². The van der Waals surface area contributed by atoms with Crippen molar-refractivity contribution in [3.05, 3.63) is 76.5 Å². The molecule has 302 valence electrons. The number of carbonyl (C=O) groups excluding carboxylic acids is 3. The van der Waals surface area contributed by atoms with Crippen LogP contribution in [0, 0.1) is 17.6 Å². The first-order valence-electron chi connectivity index (χ1n) is 17.9. The van der Waals surface area contributed by atoms with Gasteiger partial charge in [-0.2, -0.15) is 18.3 Å². The minimum atomic E-state index is -5.06. The minimum Gasteiger partial charge on any atom is -0.394 e. The van der Waals surface area contributed by atoms with Crippen molar-refractivity contribution in [3.63, 3.8) is 0 Å². The molecule has 3 amide bonds. The fourth-order valence-electron chi connectivity index (χ4n) is 6.50. The van der Waals surface area contributed by atoms with Crippen LogP contribution in [-0.4, -0.2) is 117 Å². The zero-order valence-electron chi connectivity index (χ0n) is 31.1. The first-order valence-corrected chi connectivity index (χ1v) is 18.2. The van der Waals surface area contributed by atoms with Gasteiger partial charge >= 0.3 is 6.18 Å². The van der Waals surface area contributed by atoms with Crippen LogP contribution in [0.25, 0.3) is 22.4 Å². The summed E-state index contributed by atoms with van der Waals surface area (Å²) in [5.41, 5.74) is -3.13. The van der Waals surface area contributed by atoms with Crippen LogP contribution in [0.1, 0.15) is 46.4 Å². The van der Waals surface area contributed by atoms with Gasteiger partial charge in [-0.05, 0) is 30.7 Å². The Morgan fingerprint density at radius 2 is 1.64 bits per heavy atom. The molecule has 1 fully saturated rings. The van der Waals surface area contributed by atoms with Crippen LogP contribution >= 0.6 is 11.6 Å². The van der Waals surface area contributed by atoms with Crippen LogP contribution in [0.15, 0.2) is 42.7 Å². The number of amides is 3. The fourth-order valence-corrected chi connectivity index (χ4v) is 6.76. The predicted molar refractivity (Wildman–Crippen MR) is 196 cm³/mol. The largest absolute Gasteiger partial charge is 0.435 e. The highest BCUT2D eigenvalue weighted by Gasteiger charge is 2.39. The third kappa shape index (κ3) is 9.20. The zero-order chi connectivity index (χ0) is 41.1. The molecule has 4 aromatic rings. The molecule has 0 radical (unpaired) electrons. The fraction of sp³-hybridized carbons (Fsp3) is 0.432. The summed E-state index contributed by atoms with van der Waals surface area (Å²) in [4.78, 5) is 48.4. The van der Waals surface area contributed by atoms with Crippen LogP contribution in [0.5, 0.6) is 0 Å². The van der Waals surface area contributed by atoms with E-state index in [4.69, 9.17) is 16.7 Å². The average molecular weight is 810 g/mol. The lowest BCUT2D eigenvalue weighted by Crippen LogP contribution is -3.05. The number of alkyl halides is 3. The molecule has 2 aromatic carbocycles. The normalized spacial score (nSPS) is 14.7. The molecule has 3 heterocycles. The van der Waals surface area contributed by atoms with Gasteiger partial charge in [-0.3, -0.25) is 19.1 Å². The smallest absolute Gasteiger partial charge is 0.394 e. The Morgan fingerprint density at radius 1 is 1.00 bits per heavy atom. The molecule has 4 N–H and O–H groups in total. The lowest BCUT2D eigenvalue weighted by Gasteiger charge is -2.36. The standard InChI is InChI=1S/C37H42ClF5N8O5/c1-5-21(10-11-47(2)3)35(55)49-12-14-50(15-13-49)36(56)25-7-6-22(16-28(25)38)45-34(54)33-44-17-29(48(33)4)26-9-8-24(30(39)31(26)40)27-19-51(18-23(53)20-52)46-32(27)37(41,42)43/h6-9,16-17,19,21,23,52-53H,5,10-15,18,20H2,1-4H3,(H,45,54)/p+1. The van der Waals surface area contributed by atoms with Gasteiger partial charge in [-0.25, -0.2) is 13.8 Å². The number of anilines is 1. The van der Waals surface area contributed by atoms with Crippen LogP contribution in [0.4, 0.5) is 27.6 Å². The zero-order valence-corrected chi connectivity index (χ0v) is 31.9. The predicted octanol–water partition coefficient (Wildman–Crippen LogP) is 3.35. The van der Waals surface area contributed by atoms with Crippen molar-refractivity contribution in [3.8, 4) is 22.4 Å². The van der Waals surface area contributed by atoms with Crippen LogP contribution in [0.3, 0.4) is 0 Å². The number of nitrogens with zero attached hydrogens (tertiary/aromatic N) is 6. The van der Waals surface area contributed by atoms with E-state index in [0.29, 0.717) is 30.9 Å². The van der Waals surface area contributed by atoms with Crippen molar-refractivity contribution in [2.75, 3.05) is 58.7 Å². The second kappa shape index (κ2) is 17.5. The molecule has 0 saturated carbocycles. The lowest BCUT2D eigenvalue weighted by atomic mass is 10.00. The summed E-state index contributed by atoms with van der Waals surface area (Å²) in [6.45, 7) is 3.05. The maximum Gasteiger partial charge on any atom is 0.435 e. The number of imidazole rings is 1. The Bertz CT molecular complexity index is 2080. The number of hydrogen-bond donors (Lipinski definition) is 4. The van der Waals surface area contributed by atoms with Gasteiger partial charge in [0.1, 0.15) is 0 Å². The van der Waals surface area contributed by atoms with Crippen molar-refractivity contribution in [1.29, 1.82) is 0 Å². The number of aliphatic hydroxyl groups is 2. The summed E-state index contributed by atoms with van der Waals surface area (Å²) in [6, 6.07) is 6.27. The van der Waals surface area contributed by atoms with Crippen LogP contribution in [-0.2, 0) is 24.6 Å².